The minimum atomic E-state index is 0.0259. The van der Waals surface area contributed by atoms with E-state index in [1.165, 1.54) is 0 Å². The van der Waals surface area contributed by atoms with Crippen LogP contribution >= 0.6 is 0 Å². The van der Waals surface area contributed by atoms with Gasteiger partial charge in [0.25, 0.3) is 0 Å². The van der Waals surface area contributed by atoms with Gasteiger partial charge in [-0.25, -0.2) is 4.98 Å². The molecule has 0 amide bonds. The zero-order valence-corrected chi connectivity index (χ0v) is 14.7. The Hall–Kier alpha value is -2.65. The van der Waals surface area contributed by atoms with Crippen LogP contribution in [-0.2, 0) is 11.3 Å². The fourth-order valence-electron chi connectivity index (χ4n) is 2.51. The Kier molecular flexibility index (Phi) is 6.40. The van der Waals surface area contributed by atoms with Gasteiger partial charge in [0, 0.05) is 37.7 Å². The summed E-state index contributed by atoms with van der Waals surface area (Å²) in [6, 6.07) is 5.85. The Bertz CT molecular complexity index is 827. The molecule has 3 N–H and O–H groups in total. The van der Waals surface area contributed by atoms with E-state index in [-0.39, 0.29) is 6.61 Å². The molecule has 0 atom stereocenters. The zero-order chi connectivity index (χ0) is 18.2. The Labute approximate surface area is 152 Å². The lowest BCUT2D eigenvalue weighted by molar-refractivity contribution is 0.0992. The van der Waals surface area contributed by atoms with E-state index in [0.29, 0.717) is 26.3 Å². The van der Waals surface area contributed by atoms with Crippen LogP contribution in [0.25, 0.3) is 5.65 Å². The lowest BCUT2D eigenvalue weighted by atomic mass is 9.75. The Morgan fingerprint density at radius 1 is 1.27 bits per heavy atom. The van der Waals surface area contributed by atoms with E-state index in [0.717, 1.165) is 28.3 Å². The molecular formula is C17H22BN6O2. The monoisotopic (exact) mass is 353 g/mol. The highest BCUT2D eigenvalue weighted by atomic mass is 16.5. The first-order valence-electron chi connectivity index (χ1n) is 8.55. The second-order valence-corrected chi connectivity index (χ2v) is 5.63. The van der Waals surface area contributed by atoms with Crippen LogP contribution < -0.4 is 16.1 Å². The minimum absolute atomic E-state index is 0.0259. The number of hydrogen-bond acceptors (Lipinski definition) is 7. The average molecular weight is 353 g/mol. The number of fused-ring (bicyclic) bond motifs is 1. The van der Waals surface area contributed by atoms with E-state index < -0.39 is 0 Å². The summed E-state index contributed by atoms with van der Waals surface area (Å²) in [5.74, 6) is 1.58. The van der Waals surface area contributed by atoms with Gasteiger partial charge >= 0.3 is 0 Å². The zero-order valence-electron chi connectivity index (χ0n) is 14.7. The first kappa shape index (κ1) is 18.2. The maximum absolute atomic E-state index is 8.74. The average Bonchev–Trinajstić information content (AvgIpc) is 3.10. The van der Waals surface area contributed by atoms with Gasteiger partial charge in [-0.1, -0.05) is 12.9 Å². The summed E-state index contributed by atoms with van der Waals surface area (Å²) >= 11 is 0. The second-order valence-electron chi connectivity index (χ2n) is 5.63. The van der Waals surface area contributed by atoms with Crippen LogP contribution in [0.1, 0.15) is 5.56 Å². The van der Waals surface area contributed by atoms with Gasteiger partial charge in [0.15, 0.2) is 12.9 Å². The lowest BCUT2D eigenvalue weighted by Gasteiger charge is -2.12. The van der Waals surface area contributed by atoms with E-state index in [1.807, 2.05) is 38.5 Å². The molecule has 0 fully saturated rings. The molecule has 135 valence electrons. The van der Waals surface area contributed by atoms with Crippen LogP contribution in [0.5, 0.6) is 0 Å². The van der Waals surface area contributed by atoms with Crippen LogP contribution in [0.3, 0.4) is 0 Å². The summed E-state index contributed by atoms with van der Waals surface area (Å²) in [4.78, 5) is 8.78. The number of pyridine rings is 1. The van der Waals surface area contributed by atoms with Gasteiger partial charge in [0.05, 0.1) is 19.8 Å². The van der Waals surface area contributed by atoms with Crippen molar-refractivity contribution in [1.82, 2.24) is 19.6 Å². The topological polar surface area (TPSA) is 96.6 Å². The molecule has 0 saturated heterocycles. The van der Waals surface area contributed by atoms with E-state index in [2.05, 4.69) is 25.7 Å². The van der Waals surface area contributed by atoms with Crippen molar-refractivity contribution in [2.45, 2.75) is 13.4 Å². The molecule has 0 unspecified atom stereocenters. The number of aliphatic hydroxyl groups is 1. The molecule has 9 heteroatoms. The van der Waals surface area contributed by atoms with E-state index >= 15 is 0 Å². The standard InChI is InChI=1S/C17H22BN6O2/c1-18-14-12-22-24-16(21-11-13-3-2-4-19-10-13)9-15(23-17(14)24)20-5-7-26-8-6-25/h2-4,9-10,12,21,25H,5-8,11H2,1H3,(H,20,23). The maximum atomic E-state index is 8.74. The van der Waals surface area contributed by atoms with Gasteiger partial charge in [0.1, 0.15) is 11.6 Å². The molecule has 3 aromatic rings. The van der Waals surface area contributed by atoms with Crippen LogP contribution in [0, 0.1) is 0 Å². The molecule has 0 bridgehead atoms. The Balaban J connectivity index is 1.77. The molecule has 1 radical (unpaired) electrons. The summed E-state index contributed by atoms with van der Waals surface area (Å²) < 4.78 is 7.06. The van der Waals surface area contributed by atoms with Gasteiger partial charge in [-0.05, 0) is 17.1 Å². The molecule has 26 heavy (non-hydrogen) atoms. The van der Waals surface area contributed by atoms with Gasteiger partial charge in [-0.3, -0.25) is 4.98 Å². The van der Waals surface area contributed by atoms with Crippen molar-refractivity contribution in [3.05, 3.63) is 42.4 Å². The third-order valence-corrected chi connectivity index (χ3v) is 3.79. The van der Waals surface area contributed by atoms with Crippen molar-refractivity contribution in [3.8, 4) is 0 Å². The Morgan fingerprint density at radius 2 is 2.19 bits per heavy atom. The van der Waals surface area contributed by atoms with Crippen molar-refractivity contribution in [1.29, 1.82) is 0 Å². The van der Waals surface area contributed by atoms with Gasteiger partial charge in [-0.15, -0.1) is 0 Å². The van der Waals surface area contributed by atoms with Gasteiger partial charge in [-0.2, -0.15) is 9.61 Å². The molecule has 0 aliphatic rings. The molecule has 3 rings (SSSR count). The fraction of sp³-hybridized carbons (Fsp3) is 0.353. The van der Waals surface area contributed by atoms with Crippen molar-refractivity contribution < 1.29 is 9.84 Å². The number of hydrogen-bond donors (Lipinski definition) is 3. The largest absolute Gasteiger partial charge is 0.394 e. The normalized spacial score (nSPS) is 10.8. The maximum Gasteiger partial charge on any atom is 0.155 e. The molecule has 0 spiro atoms. The summed E-state index contributed by atoms with van der Waals surface area (Å²) in [6.07, 6.45) is 5.38. The number of anilines is 2. The number of ether oxygens (including phenoxy) is 1. The molecule has 0 saturated carbocycles. The first-order chi connectivity index (χ1) is 12.8. The minimum Gasteiger partial charge on any atom is -0.394 e. The molecule has 8 nitrogen and oxygen atoms in total. The van der Waals surface area contributed by atoms with E-state index in [9.17, 15) is 0 Å². The van der Waals surface area contributed by atoms with Crippen molar-refractivity contribution in [2.75, 3.05) is 37.0 Å². The number of nitrogens with zero attached hydrogens (tertiary/aromatic N) is 4. The molecule has 0 aliphatic heterocycles. The van der Waals surface area contributed by atoms with Gasteiger partial charge in [0.2, 0.25) is 0 Å². The van der Waals surface area contributed by atoms with Gasteiger partial charge < -0.3 is 20.5 Å². The van der Waals surface area contributed by atoms with E-state index in [4.69, 9.17) is 9.84 Å². The summed E-state index contributed by atoms with van der Waals surface area (Å²) in [5, 5.41) is 19.8. The highest BCUT2D eigenvalue weighted by Crippen LogP contribution is 2.16. The Morgan fingerprint density at radius 3 is 2.96 bits per heavy atom. The fourth-order valence-corrected chi connectivity index (χ4v) is 2.51. The highest BCUT2D eigenvalue weighted by molar-refractivity contribution is 6.54. The highest BCUT2D eigenvalue weighted by Gasteiger charge is 2.11. The summed E-state index contributed by atoms with van der Waals surface area (Å²) in [7, 11) is 1.98. The van der Waals surface area contributed by atoms with Crippen LogP contribution in [-0.4, -0.2) is 58.3 Å². The quantitative estimate of drug-likeness (QED) is 0.361. The third kappa shape index (κ3) is 4.50. The van der Waals surface area contributed by atoms with E-state index in [1.54, 1.807) is 16.9 Å². The van der Waals surface area contributed by atoms with Crippen molar-refractivity contribution in [3.63, 3.8) is 0 Å². The summed E-state index contributed by atoms with van der Waals surface area (Å²) in [6.45, 7) is 4.06. The summed E-state index contributed by atoms with van der Waals surface area (Å²) in [5.41, 5.74) is 2.83. The smallest absolute Gasteiger partial charge is 0.155 e. The first-order valence-corrected chi connectivity index (χ1v) is 8.55. The third-order valence-electron chi connectivity index (χ3n) is 3.79. The predicted octanol–water partition coefficient (Wildman–Crippen LogP) is 0.535. The number of nitrogens with one attached hydrogen (secondary N) is 2. The van der Waals surface area contributed by atoms with Crippen molar-refractivity contribution in [2.24, 2.45) is 0 Å². The van der Waals surface area contributed by atoms with Crippen molar-refractivity contribution >= 4 is 30.0 Å². The second kappa shape index (κ2) is 9.16. The lowest BCUT2D eigenvalue weighted by Crippen LogP contribution is -2.16. The molecule has 0 aromatic carbocycles. The van der Waals surface area contributed by atoms with Crippen LogP contribution in [0.4, 0.5) is 11.6 Å². The number of aliphatic hydroxyl groups excluding tert-OH is 1. The molecule has 3 aromatic heterocycles. The molecular weight excluding hydrogens is 331 g/mol. The van der Waals surface area contributed by atoms with Crippen LogP contribution in [0.2, 0.25) is 6.82 Å². The SMILES string of the molecule is C[B]c1cnn2c(NCc3cccnc3)cc(NCCOCCO)nc12. The molecule has 0 aliphatic carbocycles. The van der Waals surface area contributed by atoms with Crippen LogP contribution in [0.15, 0.2) is 36.8 Å². The number of aromatic nitrogens is 4. The number of rotatable bonds is 10. The molecule has 3 heterocycles. The predicted molar refractivity (Wildman–Crippen MR) is 102 cm³/mol.